The predicted octanol–water partition coefficient (Wildman–Crippen LogP) is 5.38. The highest BCUT2D eigenvalue weighted by Gasteiger charge is 2.86. The van der Waals surface area contributed by atoms with Crippen LogP contribution in [0.2, 0.25) is 0 Å². The van der Waals surface area contributed by atoms with Crippen molar-refractivity contribution in [2.24, 2.45) is 0 Å². The number of rotatable bonds is 10. The minimum Gasteiger partial charge on any atom is -0.458 e. The predicted molar refractivity (Wildman–Crippen MR) is 188 cm³/mol. The molecule has 4 rings (SSSR count). The summed E-state index contributed by atoms with van der Waals surface area (Å²) in [4.78, 5) is 42.9. The van der Waals surface area contributed by atoms with E-state index in [-0.39, 0.29) is 12.8 Å². The van der Waals surface area contributed by atoms with Gasteiger partial charge in [0.15, 0.2) is 5.79 Å². The third-order valence-corrected chi connectivity index (χ3v) is 8.45. The first-order valence-corrected chi connectivity index (χ1v) is 17.2. The Balaban J connectivity index is 1.94. The molecule has 2 aromatic carbocycles. The fraction of sp³-hybridized carbons (Fsp3) is 0.615. The number of methoxy groups -OCH3 is 1. The summed E-state index contributed by atoms with van der Waals surface area (Å²) in [5, 5.41) is 27.1. The van der Waals surface area contributed by atoms with Crippen molar-refractivity contribution in [3.63, 3.8) is 0 Å². The molecule has 2 bridgehead atoms. The van der Waals surface area contributed by atoms with Crippen LogP contribution in [0.5, 0.6) is 0 Å². The van der Waals surface area contributed by atoms with Gasteiger partial charge in [0.25, 0.3) is 0 Å². The third kappa shape index (κ3) is 8.16. The van der Waals surface area contributed by atoms with Crippen molar-refractivity contribution in [1.82, 2.24) is 0 Å². The average molecular weight is 715 g/mol. The van der Waals surface area contributed by atoms with Crippen LogP contribution in [0, 0.1) is 0 Å². The zero-order chi connectivity index (χ0) is 38.4. The number of hydrogen-bond acceptors (Lipinski definition) is 12. The number of carbonyl (C=O) groups excluding carboxylic acids is 3. The molecule has 2 saturated heterocycles. The number of ether oxygens (including phenoxy) is 7. The molecule has 2 aromatic rings. The lowest BCUT2D eigenvalue weighted by Crippen LogP contribution is -2.79. The smallest absolute Gasteiger partial charge is 0.346 e. The van der Waals surface area contributed by atoms with Gasteiger partial charge in [-0.1, -0.05) is 54.6 Å². The molecule has 0 radical (unpaired) electrons. The van der Waals surface area contributed by atoms with E-state index in [1.165, 1.54) is 27.9 Å². The summed E-state index contributed by atoms with van der Waals surface area (Å²) in [5.41, 5.74) is -9.01. The largest absolute Gasteiger partial charge is 0.458 e. The van der Waals surface area contributed by atoms with Crippen LogP contribution < -0.4 is 0 Å². The van der Waals surface area contributed by atoms with E-state index in [9.17, 15) is 24.6 Å². The van der Waals surface area contributed by atoms with Crippen LogP contribution >= 0.6 is 0 Å². The standard InChI is InChI=1S/C39H54O12/c1-33(2,3)48-30(41)29-38(44,31(42)49-34(4,5)6)39(32(43)50-35(7,8)9)27(40)28(46-36(10,11)45-12)37(47-29,51-39)23-16-15-19-25-21-17-20-24-18-13-14-22-26(24)25/h13-15,17-22,27-29,40,44H,16,23H2,1-12H3/b19-15+/t27-,28-,29-,37-,38-,39-/m1/s1. The molecule has 12 nitrogen and oxygen atoms in total. The molecule has 2 fully saturated rings. The minimum absolute atomic E-state index is 0.135. The molecule has 0 saturated carbocycles. The van der Waals surface area contributed by atoms with E-state index in [2.05, 4.69) is 0 Å². The van der Waals surface area contributed by atoms with Gasteiger partial charge in [-0.3, -0.25) is 0 Å². The highest BCUT2D eigenvalue weighted by Crippen LogP contribution is 2.57. The molecule has 0 spiro atoms. The van der Waals surface area contributed by atoms with Gasteiger partial charge >= 0.3 is 17.9 Å². The fourth-order valence-electron chi connectivity index (χ4n) is 6.23. The van der Waals surface area contributed by atoms with Crippen molar-refractivity contribution >= 4 is 34.8 Å². The normalized spacial score (nSPS) is 28.5. The van der Waals surface area contributed by atoms with Crippen LogP contribution in [-0.2, 0) is 47.5 Å². The van der Waals surface area contributed by atoms with E-state index in [1.807, 2.05) is 54.6 Å². The number of allylic oxidation sites excluding steroid dienone is 1. The minimum atomic E-state index is -3.35. The molecule has 2 heterocycles. The highest BCUT2D eigenvalue weighted by molar-refractivity contribution is 5.99. The quantitative estimate of drug-likeness (QED) is 0.184. The molecule has 0 unspecified atom stereocenters. The molecule has 6 atom stereocenters. The van der Waals surface area contributed by atoms with Crippen molar-refractivity contribution in [3.8, 4) is 0 Å². The van der Waals surface area contributed by atoms with Crippen LogP contribution in [0.4, 0.5) is 0 Å². The van der Waals surface area contributed by atoms with E-state index < -0.39 is 75.8 Å². The zero-order valence-electron chi connectivity index (χ0n) is 31.8. The van der Waals surface area contributed by atoms with Gasteiger partial charge in [-0.25, -0.2) is 14.4 Å². The molecule has 282 valence electrons. The highest BCUT2D eigenvalue weighted by atomic mass is 16.8. The van der Waals surface area contributed by atoms with Gasteiger partial charge < -0.3 is 43.4 Å². The Bertz CT molecular complexity index is 1640. The van der Waals surface area contributed by atoms with Gasteiger partial charge in [0.2, 0.25) is 23.1 Å². The lowest BCUT2D eigenvalue weighted by atomic mass is 9.74. The first kappa shape index (κ1) is 40.4. The number of benzene rings is 2. The number of aliphatic hydroxyl groups is 2. The Morgan fingerprint density at radius 1 is 0.824 bits per heavy atom. The maximum absolute atomic E-state index is 14.5. The molecular weight excluding hydrogens is 660 g/mol. The molecule has 0 aliphatic carbocycles. The number of carbonyl (C=O) groups is 3. The lowest BCUT2D eigenvalue weighted by Gasteiger charge is -2.51. The molecule has 2 aliphatic heterocycles. The second-order valence-electron chi connectivity index (χ2n) is 16.5. The second kappa shape index (κ2) is 13.9. The zero-order valence-corrected chi connectivity index (χ0v) is 31.8. The Kier molecular flexibility index (Phi) is 11.0. The maximum Gasteiger partial charge on any atom is 0.346 e. The molecule has 2 aliphatic rings. The van der Waals surface area contributed by atoms with Crippen LogP contribution in [0.1, 0.15) is 94.6 Å². The summed E-state index contributed by atoms with van der Waals surface area (Å²) in [6, 6.07) is 13.8. The van der Waals surface area contributed by atoms with Crippen LogP contribution in [0.15, 0.2) is 48.5 Å². The van der Waals surface area contributed by atoms with Gasteiger partial charge in [0, 0.05) is 13.5 Å². The van der Waals surface area contributed by atoms with Crippen molar-refractivity contribution in [2.45, 2.75) is 147 Å². The van der Waals surface area contributed by atoms with Crippen molar-refractivity contribution in [3.05, 3.63) is 54.1 Å². The summed E-state index contributed by atoms with van der Waals surface area (Å²) in [7, 11) is 1.37. The van der Waals surface area contributed by atoms with Crippen molar-refractivity contribution in [2.75, 3.05) is 7.11 Å². The SMILES string of the molecule is COC(C)(C)O[C@@H]1[C@@H](O)[C@]2(C(=O)OC(C)(C)C)O[C@@]1(CC/C=C/c1cccc3ccccc13)O[C@H](C(=O)OC(C)(C)C)[C@@]2(O)C(=O)OC(C)(C)C. The van der Waals surface area contributed by atoms with E-state index in [4.69, 9.17) is 33.2 Å². The fourth-order valence-corrected chi connectivity index (χ4v) is 6.23. The first-order chi connectivity index (χ1) is 23.3. The molecule has 2 N–H and O–H groups in total. The topological polar surface area (TPSA) is 156 Å². The third-order valence-electron chi connectivity index (χ3n) is 8.45. The first-order valence-electron chi connectivity index (χ1n) is 17.2. The second-order valence-corrected chi connectivity index (χ2v) is 16.5. The van der Waals surface area contributed by atoms with Gasteiger partial charge in [-0.05, 0) is 98.9 Å². The Morgan fingerprint density at radius 3 is 1.98 bits per heavy atom. The summed E-state index contributed by atoms with van der Waals surface area (Å²) in [5.74, 6) is -7.61. The van der Waals surface area contributed by atoms with Crippen LogP contribution in [0.3, 0.4) is 0 Å². The number of hydrogen-bond donors (Lipinski definition) is 2. The van der Waals surface area contributed by atoms with E-state index in [0.717, 1.165) is 16.3 Å². The molecular formula is C39H54O12. The monoisotopic (exact) mass is 714 g/mol. The Hall–Kier alpha value is -3.39. The van der Waals surface area contributed by atoms with Crippen LogP contribution in [0.25, 0.3) is 16.8 Å². The Morgan fingerprint density at radius 2 is 1.39 bits per heavy atom. The lowest BCUT2D eigenvalue weighted by molar-refractivity contribution is -0.387. The molecule has 51 heavy (non-hydrogen) atoms. The van der Waals surface area contributed by atoms with Gasteiger partial charge in [0.05, 0.1) is 0 Å². The van der Waals surface area contributed by atoms with Gasteiger partial charge in [-0.2, -0.15) is 0 Å². The van der Waals surface area contributed by atoms with E-state index >= 15 is 0 Å². The number of aliphatic hydroxyl groups excluding tert-OH is 1. The van der Waals surface area contributed by atoms with Crippen LogP contribution in [-0.4, -0.2) is 93.1 Å². The summed E-state index contributed by atoms with van der Waals surface area (Å²) < 4.78 is 41.7. The average Bonchev–Trinajstić information content (AvgIpc) is 3.20. The summed E-state index contributed by atoms with van der Waals surface area (Å²) >= 11 is 0. The number of esters is 3. The Labute approximate surface area is 300 Å². The maximum atomic E-state index is 14.5. The van der Waals surface area contributed by atoms with Gasteiger partial charge in [0.1, 0.15) is 29.0 Å². The van der Waals surface area contributed by atoms with E-state index in [0.29, 0.717) is 0 Å². The summed E-state index contributed by atoms with van der Waals surface area (Å²) in [6.45, 7) is 17.2. The molecule has 12 heteroatoms. The summed E-state index contributed by atoms with van der Waals surface area (Å²) in [6.07, 6.45) is -2.25. The van der Waals surface area contributed by atoms with E-state index in [1.54, 1.807) is 55.4 Å². The van der Waals surface area contributed by atoms with Gasteiger partial charge in [-0.15, -0.1) is 0 Å². The molecule has 0 amide bonds. The van der Waals surface area contributed by atoms with Crippen molar-refractivity contribution < 1.29 is 57.8 Å². The molecule has 0 aromatic heterocycles. The van der Waals surface area contributed by atoms with Crippen molar-refractivity contribution in [1.29, 1.82) is 0 Å². The number of fused-ring (bicyclic) bond motifs is 3.